The van der Waals surface area contributed by atoms with Crippen LogP contribution < -0.4 is 5.32 Å². The van der Waals surface area contributed by atoms with Gasteiger partial charge in [0, 0.05) is 12.1 Å². The SMILES string of the molecule is CC(C1CC1)n1nccc1NC(=O)CN1C(C(=O)O)CC2CCCCC21. The Morgan fingerprint density at radius 1 is 1.31 bits per heavy atom. The lowest BCUT2D eigenvalue weighted by molar-refractivity contribution is -0.143. The minimum Gasteiger partial charge on any atom is -0.480 e. The van der Waals surface area contributed by atoms with Crippen molar-refractivity contribution in [3.8, 4) is 0 Å². The van der Waals surface area contributed by atoms with Crippen molar-refractivity contribution in [3.05, 3.63) is 12.3 Å². The summed E-state index contributed by atoms with van der Waals surface area (Å²) in [7, 11) is 0. The number of hydrogen-bond acceptors (Lipinski definition) is 4. The Bertz CT molecular complexity index is 684. The van der Waals surface area contributed by atoms with Gasteiger partial charge in [-0.25, -0.2) is 4.68 Å². The van der Waals surface area contributed by atoms with E-state index in [2.05, 4.69) is 17.3 Å². The number of hydrogen-bond donors (Lipinski definition) is 2. The molecule has 0 spiro atoms. The lowest BCUT2D eigenvalue weighted by Gasteiger charge is -2.32. The predicted octanol–water partition coefficient (Wildman–Crippen LogP) is 2.51. The molecular weight excluding hydrogens is 332 g/mol. The van der Waals surface area contributed by atoms with Gasteiger partial charge in [0.2, 0.25) is 5.91 Å². The molecule has 4 rings (SSSR count). The molecule has 7 nitrogen and oxygen atoms in total. The van der Waals surface area contributed by atoms with Crippen molar-refractivity contribution in [3.63, 3.8) is 0 Å². The molecule has 1 aromatic heterocycles. The van der Waals surface area contributed by atoms with E-state index in [1.807, 2.05) is 15.6 Å². The van der Waals surface area contributed by atoms with Crippen molar-refractivity contribution in [2.45, 2.75) is 70.0 Å². The van der Waals surface area contributed by atoms with Crippen LogP contribution in [0.25, 0.3) is 0 Å². The quantitative estimate of drug-likeness (QED) is 0.814. The Morgan fingerprint density at radius 2 is 2.08 bits per heavy atom. The zero-order valence-electron chi connectivity index (χ0n) is 15.3. The van der Waals surface area contributed by atoms with E-state index in [0.29, 0.717) is 24.1 Å². The second-order valence-corrected chi connectivity index (χ2v) is 8.16. The number of nitrogens with zero attached hydrogens (tertiary/aromatic N) is 3. The van der Waals surface area contributed by atoms with E-state index in [9.17, 15) is 14.7 Å². The van der Waals surface area contributed by atoms with E-state index in [-0.39, 0.29) is 24.5 Å². The zero-order chi connectivity index (χ0) is 18.3. The maximum absolute atomic E-state index is 12.7. The van der Waals surface area contributed by atoms with E-state index in [1.54, 1.807) is 6.20 Å². The summed E-state index contributed by atoms with van der Waals surface area (Å²) in [5.41, 5.74) is 0. The van der Waals surface area contributed by atoms with Gasteiger partial charge >= 0.3 is 5.97 Å². The van der Waals surface area contributed by atoms with Gasteiger partial charge in [0.1, 0.15) is 11.9 Å². The Morgan fingerprint density at radius 3 is 2.81 bits per heavy atom. The number of likely N-dealkylation sites (tertiary alicyclic amines) is 1. The average Bonchev–Trinajstić information content (AvgIpc) is 3.27. The minimum atomic E-state index is -0.806. The van der Waals surface area contributed by atoms with E-state index in [4.69, 9.17) is 0 Å². The van der Waals surface area contributed by atoms with E-state index in [1.165, 1.54) is 19.3 Å². The number of carboxylic acid groups (broad SMARTS) is 1. The van der Waals surface area contributed by atoms with E-state index < -0.39 is 12.0 Å². The van der Waals surface area contributed by atoms with Gasteiger partial charge in [-0.2, -0.15) is 5.10 Å². The third kappa shape index (κ3) is 3.37. The summed E-state index contributed by atoms with van der Waals surface area (Å²) in [6, 6.07) is 1.79. The normalized spacial score (nSPS) is 30.0. The second kappa shape index (κ2) is 7.02. The number of carboxylic acids is 1. The number of aliphatic carboxylic acids is 1. The molecular formula is C19H28N4O3. The number of fused-ring (bicyclic) bond motifs is 1. The van der Waals surface area contributed by atoms with Crippen molar-refractivity contribution in [1.82, 2.24) is 14.7 Å². The van der Waals surface area contributed by atoms with Crippen LogP contribution in [0.4, 0.5) is 5.82 Å². The van der Waals surface area contributed by atoms with Gasteiger partial charge in [-0.3, -0.25) is 14.5 Å². The molecule has 4 unspecified atom stereocenters. The van der Waals surface area contributed by atoms with Crippen LogP contribution >= 0.6 is 0 Å². The van der Waals surface area contributed by atoms with Crippen LogP contribution in [0.5, 0.6) is 0 Å². The molecule has 1 amide bonds. The number of rotatable bonds is 6. The number of nitrogens with one attached hydrogen (secondary N) is 1. The van der Waals surface area contributed by atoms with Crippen LogP contribution in [0.15, 0.2) is 12.3 Å². The average molecular weight is 360 g/mol. The van der Waals surface area contributed by atoms with Gasteiger partial charge < -0.3 is 10.4 Å². The number of carbonyl (C=O) groups is 2. The predicted molar refractivity (Wildman–Crippen MR) is 96.8 cm³/mol. The van der Waals surface area contributed by atoms with Crippen LogP contribution in [-0.4, -0.2) is 50.3 Å². The first-order chi connectivity index (χ1) is 12.5. The standard InChI is InChI=1S/C19H28N4O3/c1-12(13-6-7-13)23-17(8-9-20-23)21-18(24)11-22-15-5-3-2-4-14(15)10-16(22)19(25)26/h8-9,12-16H,2-7,10-11H2,1H3,(H,21,24)(H,25,26). The summed E-state index contributed by atoms with van der Waals surface area (Å²) < 4.78 is 1.89. The maximum atomic E-state index is 12.7. The summed E-state index contributed by atoms with van der Waals surface area (Å²) in [6.45, 7) is 2.27. The smallest absolute Gasteiger partial charge is 0.320 e. The Balaban J connectivity index is 1.43. The Kier molecular flexibility index (Phi) is 4.73. The summed E-state index contributed by atoms with van der Waals surface area (Å²) >= 11 is 0. The number of anilines is 1. The Hall–Kier alpha value is -1.89. The van der Waals surface area contributed by atoms with Crippen molar-refractivity contribution in [1.29, 1.82) is 0 Å². The summed E-state index contributed by atoms with van der Waals surface area (Å²) in [6.07, 6.45) is 9.18. The molecule has 2 N–H and O–H groups in total. The largest absolute Gasteiger partial charge is 0.480 e. The highest BCUT2D eigenvalue weighted by Gasteiger charge is 2.45. The molecule has 142 valence electrons. The molecule has 26 heavy (non-hydrogen) atoms. The third-order valence-corrected chi connectivity index (χ3v) is 6.46. The zero-order valence-corrected chi connectivity index (χ0v) is 15.3. The summed E-state index contributed by atoms with van der Waals surface area (Å²) in [5, 5.41) is 16.9. The van der Waals surface area contributed by atoms with E-state index >= 15 is 0 Å². The summed E-state index contributed by atoms with van der Waals surface area (Å²) in [4.78, 5) is 26.3. The fourth-order valence-electron chi connectivity index (χ4n) is 4.89. The van der Waals surface area contributed by atoms with E-state index in [0.717, 1.165) is 19.3 Å². The van der Waals surface area contributed by atoms with Gasteiger partial charge in [-0.15, -0.1) is 0 Å². The Labute approximate surface area is 153 Å². The molecule has 0 radical (unpaired) electrons. The van der Waals surface area contributed by atoms with Crippen LogP contribution in [0.2, 0.25) is 0 Å². The topological polar surface area (TPSA) is 87.5 Å². The molecule has 1 saturated heterocycles. The van der Waals surface area contributed by atoms with Gasteiger partial charge in [0.05, 0.1) is 18.8 Å². The number of aromatic nitrogens is 2. The first-order valence-corrected chi connectivity index (χ1v) is 9.86. The fourth-order valence-corrected chi connectivity index (χ4v) is 4.89. The molecule has 7 heteroatoms. The molecule has 2 heterocycles. The van der Waals surface area contributed by atoms with Crippen LogP contribution in [0, 0.1) is 11.8 Å². The number of carbonyl (C=O) groups excluding carboxylic acids is 1. The monoisotopic (exact) mass is 360 g/mol. The molecule has 2 aliphatic carbocycles. The van der Waals surface area contributed by atoms with Crippen molar-refractivity contribution in [2.24, 2.45) is 11.8 Å². The lowest BCUT2D eigenvalue weighted by Crippen LogP contribution is -2.46. The minimum absolute atomic E-state index is 0.140. The third-order valence-electron chi connectivity index (χ3n) is 6.46. The highest BCUT2D eigenvalue weighted by Crippen LogP contribution is 2.41. The van der Waals surface area contributed by atoms with Gasteiger partial charge in [0.25, 0.3) is 0 Å². The van der Waals surface area contributed by atoms with Crippen LogP contribution in [0.1, 0.15) is 57.9 Å². The van der Waals surface area contributed by atoms with Gasteiger partial charge in [-0.1, -0.05) is 12.8 Å². The van der Waals surface area contributed by atoms with Gasteiger partial charge in [0.15, 0.2) is 0 Å². The molecule has 0 bridgehead atoms. The van der Waals surface area contributed by atoms with Crippen molar-refractivity contribution < 1.29 is 14.7 Å². The molecule has 4 atom stereocenters. The summed E-state index contributed by atoms with van der Waals surface area (Å²) in [5.74, 6) is 0.814. The maximum Gasteiger partial charge on any atom is 0.320 e. The molecule has 1 aromatic rings. The van der Waals surface area contributed by atoms with Gasteiger partial charge in [-0.05, 0) is 50.9 Å². The first-order valence-electron chi connectivity index (χ1n) is 9.86. The molecule has 1 aliphatic heterocycles. The molecule has 3 fully saturated rings. The lowest BCUT2D eigenvalue weighted by atomic mass is 9.85. The second-order valence-electron chi connectivity index (χ2n) is 8.16. The van der Waals surface area contributed by atoms with Crippen LogP contribution in [-0.2, 0) is 9.59 Å². The highest BCUT2D eigenvalue weighted by molar-refractivity contribution is 5.92. The fraction of sp³-hybridized carbons (Fsp3) is 0.737. The van der Waals surface area contributed by atoms with Crippen molar-refractivity contribution in [2.75, 3.05) is 11.9 Å². The molecule has 3 aliphatic rings. The molecule has 0 aromatic carbocycles. The highest BCUT2D eigenvalue weighted by atomic mass is 16.4. The number of amides is 1. The molecule has 2 saturated carbocycles. The van der Waals surface area contributed by atoms with Crippen molar-refractivity contribution >= 4 is 17.7 Å². The first kappa shape index (κ1) is 17.5. The van der Waals surface area contributed by atoms with Crippen LogP contribution in [0.3, 0.4) is 0 Å².